The fraction of sp³-hybridized carbons (Fsp3) is 0.615. The molecule has 0 spiro atoms. The van der Waals surface area contributed by atoms with E-state index in [1.807, 2.05) is 0 Å². The summed E-state index contributed by atoms with van der Waals surface area (Å²) in [5.74, 6) is -8.34. The molecule has 342 valence electrons. The predicted octanol–water partition coefficient (Wildman–Crippen LogP) is -3.67. The smallest absolute Gasteiger partial charge is 0.328 e. The molecule has 1 aromatic carbocycles. The van der Waals surface area contributed by atoms with Gasteiger partial charge >= 0.3 is 5.97 Å². The highest BCUT2D eigenvalue weighted by Gasteiger charge is 2.36. The van der Waals surface area contributed by atoms with E-state index in [-0.39, 0.29) is 56.4 Å². The van der Waals surface area contributed by atoms with Gasteiger partial charge in [-0.25, -0.2) is 4.79 Å². The maximum Gasteiger partial charge on any atom is 0.328 e. The number of aliphatic carboxylic acids is 1. The van der Waals surface area contributed by atoms with Crippen molar-refractivity contribution in [1.82, 2.24) is 31.9 Å². The minimum absolute atomic E-state index is 0.00664. The number of primary amides is 1. The molecule has 0 saturated heterocycles. The lowest BCUT2D eigenvalue weighted by Crippen LogP contribution is -2.62. The zero-order valence-electron chi connectivity index (χ0n) is 35.6. The molecule has 0 aromatic heterocycles. The zero-order chi connectivity index (χ0) is 46.6. The van der Waals surface area contributed by atoms with Gasteiger partial charge in [0.15, 0.2) is 12.0 Å². The molecule has 0 aliphatic rings. The van der Waals surface area contributed by atoms with Gasteiger partial charge in [-0.3, -0.25) is 38.6 Å². The lowest BCUT2D eigenvalue weighted by atomic mass is 10.00. The summed E-state index contributed by atoms with van der Waals surface area (Å²) in [5, 5.41) is 44.8. The molecular weight excluding hydrogens is 798 g/mol. The van der Waals surface area contributed by atoms with Crippen molar-refractivity contribution in [2.75, 3.05) is 6.54 Å². The second kappa shape index (κ2) is 26.4. The van der Waals surface area contributed by atoms with E-state index in [9.17, 15) is 53.7 Å². The van der Waals surface area contributed by atoms with E-state index in [1.54, 1.807) is 58.0 Å². The van der Waals surface area contributed by atoms with Crippen LogP contribution in [0.15, 0.2) is 35.3 Å². The van der Waals surface area contributed by atoms with Gasteiger partial charge in [0.05, 0.1) is 24.7 Å². The van der Waals surface area contributed by atoms with E-state index in [4.69, 9.17) is 22.9 Å². The van der Waals surface area contributed by atoms with Gasteiger partial charge in [0.25, 0.3) is 0 Å². The molecule has 22 heteroatoms. The molecule has 0 fully saturated rings. The van der Waals surface area contributed by atoms with Crippen LogP contribution < -0.4 is 54.8 Å². The van der Waals surface area contributed by atoms with Crippen LogP contribution in [0.3, 0.4) is 0 Å². The first kappa shape index (κ1) is 53.1. The molecule has 7 amide bonds. The third kappa shape index (κ3) is 20.3. The zero-order valence-corrected chi connectivity index (χ0v) is 35.6. The standard InChI is InChI=1S/C39H65N11O11/c1-19(2)15-26(47-35(57)28(17-23-11-8-7-9-12-23)46-32(54)24(40)18-29(41)53)34(56)45-25(13-10-14-44-39(42)43)33(55)49-30(21(5)51)37(59)48-27(16-20(3)4)36(58)50-31(22(6)52)38(60)61/h7-9,11-12,19-22,24-28,30-31,51-52H,10,13-18,40H2,1-6H3,(H2,41,53)(H,45,56)(H,46,54)(H,47,57)(H,48,59)(H,49,55)(H,50,58)(H,60,61)(H4,42,43,44)/t21-,22-,24+,25+,26+,27+,28+,30+,31+/m1/s1. The monoisotopic (exact) mass is 863 g/mol. The predicted molar refractivity (Wildman–Crippen MR) is 223 cm³/mol. The largest absolute Gasteiger partial charge is 0.480 e. The first-order chi connectivity index (χ1) is 28.4. The molecule has 0 unspecified atom stereocenters. The highest BCUT2D eigenvalue weighted by Crippen LogP contribution is 2.12. The average molecular weight is 864 g/mol. The van der Waals surface area contributed by atoms with Crippen LogP contribution in [0.1, 0.15) is 79.2 Å². The van der Waals surface area contributed by atoms with E-state index in [0.29, 0.717) is 5.56 Å². The van der Waals surface area contributed by atoms with Crippen molar-refractivity contribution >= 4 is 53.3 Å². The van der Waals surface area contributed by atoms with Gasteiger partial charge in [-0.1, -0.05) is 58.0 Å². The number of hydrogen-bond donors (Lipinski definition) is 13. The number of carbonyl (C=O) groups excluding carboxylic acids is 7. The number of aliphatic imine (C=N–C) groups is 1. The number of nitrogens with zero attached hydrogens (tertiary/aromatic N) is 1. The Morgan fingerprint density at radius 2 is 1.05 bits per heavy atom. The van der Waals surface area contributed by atoms with Crippen LogP contribution in [0.4, 0.5) is 0 Å². The topological polar surface area (TPSA) is 386 Å². The quantitative estimate of drug-likeness (QED) is 0.0230. The van der Waals surface area contributed by atoms with Crippen molar-refractivity contribution < 1.29 is 53.7 Å². The number of carboxylic acids is 1. The Labute approximate surface area is 355 Å². The fourth-order valence-corrected chi connectivity index (χ4v) is 5.93. The average Bonchev–Trinajstić information content (AvgIpc) is 3.15. The molecule has 0 bridgehead atoms. The van der Waals surface area contributed by atoms with E-state index in [0.717, 1.165) is 6.92 Å². The molecule has 9 atom stereocenters. The van der Waals surface area contributed by atoms with E-state index in [1.165, 1.54) is 6.92 Å². The Kier molecular flexibility index (Phi) is 23.0. The van der Waals surface area contributed by atoms with Crippen molar-refractivity contribution in [3.8, 4) is 0 Å². The number of aliphatic hydroxyl groups is 2. The van der Waals surface area contributed by atoms with Gasteiger partial charge in [-0.05, 0) is 56.9 Å². The Balaban J connectivity index is 3.45. The second-order valence-corrected chi connectivity index (χ2v) is 15.7. The molecule has 0 radical (unpaired) electrons. The lowest BCUT2D eigenvalue weighted by molar-refractivity contribution is -0.145. The summed E-state index contributed by atoms with van der Waals surface area (Å²) in [6, 6.07) is -1.44. The first-order valence-electron chi connectivity index (χ1n) is 20.0. The number of nitrogens with two attached hydrogens (primary N) is 4. The molecule has 1 rings (SSSR count). The number of carbonyl (C=O) groups is 8. The van der Waals surface area contributed by atoms with E-state index < -0.39 is 108 Å². The molecule has 17 N–H and O–H groups in total. The number of hydrogen-bond acceptors (Lipinski definition) is 12. The Morgan fingerprint density at radius 3 is 1.52 bits per heavy atom. The highest BCUT2D eigenvalue weighted by atomic mass is 16.4. The summed E-state index contributed by atoms with van der Waals surface area (Å²) in [6.07, 6.45) is -3.47. The van der Waals surface area contributed by atoms with Crippen molar-refractivity contribution in [1.29, 1.82) is 0 Å². The van der Waals surface area contributed by atoms with Crippen LogP contribution in [-0.4, -0.2) is 130 Å². The molecule has 1 aromatic rings. The first-order valence-corrected chi connectivity index (χ1v) is 20.0. The van der Waals surface area contributed by atoms with E-state index >= 15 is 0 Å². The molecular formula is C39H65N11O11. The summed E-state index contributed by atoms with van der Waals surface area (Å²) < 4.78 is 0. The number of amides is 7. The normalized spacial score (nSPS) is 15.6. The van der Waals surface area contributed by atoms with Crippen LogP contribution in [0, 0.1) is 11.8 Å². The van der Waals surface area contributed by atoms with Crippen LogP contribution in [0.2, 0.25) is 0 Å². The summed E-state index contributed by atoms with van der Waals surface area (Å²) in [5.41, 5.74) is 22.6. The summed E-state index contributed by atoms with van der Waals surface area (Å²) in [4.78, 5) is 108. The number of carboxylic acid groups (broad SMARTS) is 1. The van der Waals surface area contributed by atoms with Crippen molar-refractivity contribution in [3.05, 3.63) is 35.9 Å². The Bertz CT molecular complexity index is 1670. The fourth-order valence-electron chi connectivity index (χ4n) is 5.93. The van der Waals surface area contributed by atoms with Gasteiger partial charge in [0, 0.05) is 13.0 Å². The Morgan fingerprint density at radius 1 is 0.607 bits per heavy atom. The number of nitrogens with one attached hydrogen (secondary N) is 6. The van der Waals surface area contributed by atoms with Gasteiger partial charge < -0.3 is 70.2 Å². The SMILES string of the molecule is CC(C)C[C@H](NC(=O)[C@H](Cc1ccccc1)NC(=O)[C@@H](N)CC(N)=O)C(=O)N[C@@H](CCCN=C(N)N)C(=O)N[C@H](C(=O)N[C@@H](CC(C)C)C(=O)N[C@H](C(=O)O)[C@@H](C)O)[C@@H](C)O. The highest BCUT2D eigenvalue weighted by molar-refractivity contribution is 5.97. The van der Waals surface area contributed by atoms with E-state index in [2.05, 4.69) is 36.9 Å². The van der Waals surface area contributed by atoms with Gasteiger partial charge in [-0.2, -0.15) is 0 Å². The van der Waals surface area contributed by atoms with Gasteiger partial charge in [0.2, 0.25) is 41.4 Å². The third-order valence-corrected chi connectivity index (χ3v) is 9.04. The molecule has 0 saturated carbocycles. The van der Waals surface area contributed by atoms with Crippen molar-refractivity contribution in [2.24, 2.45) is 39.8 Å². The van der Waals surface area contributed by atoms with Crippen LogP contribution in [0.5, 0.6) is 0 Å². The molecule has 0 aliphatic carbocycles. The summed E-state index contributed by atoms with van der Waals surface area (Å²) in [6.45, 7) is 9.41. The number of aliphatic hydroxyl groups excluding tert-OH is 2. The minimum Gasteiger partial charge on any atom is -0.480 e. The van der Waals surface area contributed by atoms with Crippen LogP contribution in [0.25, 0.3) is 0 Å². The third-order valence-electron chi connectivity index (χ3n) is 9.04. The minimum atomic E-state index is -1.70. The number of guanidine groups is 1. The summed E-state index contributed by atoms with van der Waals surface area (Å²) in [7, 11) is 0. The molecule has 0 aliphatic heterocycles. The number of rotatable bonds is 27. The molecule has 0 heterocycles. The number of benzene rings is 1. The lowest BCUT2D eigenvalue weighted by Gasteiger charge is -2.29. The molecule has 61 heavy (non-hydrogen) atoms. The second-order valence-electron chi connectivity index (χ2n) is 15.7. The van der Waals surface area contributed by atoms with Gasteiger partial charge in [-0.15, -0.1) is 0 Å². The molecule has 22 nitrogen and oxygen atoms in total. The van der Waals surface area contributed by atoms with Crippen LogP contribution >= 0.6 is 0 Å². The van der Waals surface area contributed by atoms with Crippen molar-refractivity contribution in [2.45, 2.75) is 135 Å². The van der Waals surface area contributed by atoms with Crippen molar-refractivity contribution in [3.63, 3.8) is 0 Å². The maximum absolute atomic E-state index is 14.0. The maximum atomic E-state index is 14.0. The Hall–Kier alpha value is -5.87. The summed E-state index contributed by atoms with van der Waals surface area (Å²) >= 11 is 0. The van der Waals surface area contributed by atoms with Gasteiger partial charge in [0.1, 0.15) is 30.2 Å². The van der Waals surface area contributed by atoms with Crippen LogP contribution in [-0.2, 0) is 44.8 Å².